The Morgan fingerprint density at radius 3 is 2.95 bits per heavy atom. The molecule has 4 heteroatoms. The summed E-state index contributed by atoms with van der Waals surface area (Å²) in [6, 6.07) is 8.91. The van der Waals surface area contributed by atoms with Crippen LogP contribution >= 0.6 is 0 Å². The summed E-state index contributed by atoms with van der Waals surface area (Å²) < 4.78 is 5.34. The molecule has 1 saturated heterocycles. The smallest absolute Gasteiger partial charge is 0.136 e. The summed E-state index contributed by atoms with van der Waals surface area (Å²) in [5, 5.41) is 2.34. The fraction of sp³-hybridized carbons (Fsp3) is 0.438. The zero-order valence-corrected chi connectivity index (χ0v) is 12.0. The standard InChI is InChI=1S/C16H21N3O/c1-11-9-13(17)6-8-19(11)16-15-10-14(20-2)4-3-12(15)5-7-18-16/h3-5,7,10-11,13H,6,8-9,17H2,1-2H3. The molecule has 0 aliphatic carbocycles. The maximum Gasteiger partial charge on any atom is 0.136 e. The van der Waals surface area contributed by atoms with Crippen molar-refractivity contribution in [3.05, 3.63) is 30.5 Å². The second-order valence-electron chi connectivity index (χ2n) is 5.55. The molecule has 3 rings (SSSR count). The maximum absolute atomic E-state index is 6.06. The Morgan fingerprint density at radius 2 is 2.20 bits per heavy atom. The Balaban J connectivity index is 2.06. The van der Waals surface area contributed by atoms with Gasteiger partial charge in [-0.1, -0.05) is 6.07 Å². The predicted octanol–water partition coefficient (Wildman–Crippen LogP) is 2.56. The van der Waals surface area contributed by atoms with Gasteiger partial charge in [0.2, 0.25) is 0 Å². The highest BCUT2D eigenvalue weighted by molar-refractivity contribution is 5.93. The van der Waals surface area contributed by atoms with E-state index in [1.165, 1.54) is 5.39 Å². The van der Waals surface area contributed by atoms with E-state index in [1.54, 1.807) is 7.11 Å². The number of hydrogen-bond acceptors (Lipinski definition) is 4. The molecule has 20 heavy (non-hydrogen) atoms. The number of methoxy groups -OCH3 is 1. The lowest BCUT2D eigenvalue weighted by atomic mass is 9.98. The lowest BCUT2D eigenvalue weighted by Gasteiger charge is -2.37. The van der Waals surface area contributed by atoms with Crippen LogP contribution in [0.3, 0.4) is 0 Å². The molecule has 1 aromatic carbocycles. The number of benzene rings is 1. The molecule has 0 radical (unpaired) electrons. The van der Waals surface area contributed by atoms with Gasteiger partial charge in [-0.15, -0.1) is 0 Å². The molecule has 2 unspecified atom stereocenters. The quantitative estimate of drug-likeness (QED) is 0.912. The van der Waals surface area contributed by atoms with E-state index >= 15 is 0 Å². The monoisotopic (exact) mass is 271 g/mol. The number of piperidine rings is 1. The molecule has 2 atom stereocenters. The molecule has 1 aromatic heterocycles. The van der Waals surface area contributed by atoms with E-state index in [-0.39, 0.29) is 0 Å². The van der Waals surface area contributed by atoms with Crippen molar-refractivity contribution in [2.45, 2.75) is 31.8 Å². The van der Waals surface area contributed by atoms with Gasteiger partial charge in [-0.2, -0.15) is 0 Å². The molecule has 0 amide bonds. The van der Waals surface area contributed by atoms with Crippen LogP contribution in [-0.2, 0) is 0 Å². The zero-order chi connectivity index (χ0) is 14.1. The fourth-order valence-corrected chi connectivity index (χ4v) is 3.01. The van der Waals surface area contributed by atoms with Crippen LogP contribution in [-0.4, -0.2) is 30.7 Å². The van der Waals surface area contributed by atoms with E-state index < -0.39 is 0 Å². The second kappa shape index (κ2) is 5.29. The van der Waals surface area contributed by atoms with Crippen LogP contribution in [0.25, 0.3) is 10.8 Å². The van der Waals surface area contributed by atoms with Crippen LogP contribution in [0.1, 0.15) is 19.8 Å². The maximum atomic E-state index is 6.06. The van der Waals surface area contributed by atoms with Crippen molar-refractivity contribution in [2.75, 3.05) is 18.6 Å². The first-order valence-electron chi connectivity index (χ1n) is 7.14. The summed E-state index contributed by atoms with van der Waals surface area (Å²) in [6.07, 6.45) is 3.92. The van der Waals surface area contributed by atoms with Gasteiger partial charge in [0.25, 0.3) is 0 Å². The van der Waals surface area contributed by atoms with Crippen molar-refractivity contribution in [2.24, 2.45) is 5.73 Å². The van der Waals surface area contributed by atoms with E-state index in [9.17, 15) is 0 Å². The van der Waals surface area contributed by atoms with Crippen molar-refractivity contribution in [1.29, 1.82) is 0 Å². The number of rotatable bonds is 2. The first kappa shape index (κ1) is 13.2. The van der Waals surface area contributed by atoms with Crippen LogP contribution < -0.4 is 15.4 Å². The summed E-state index contributed by atoms with van der Waals surface area (Å²) in [5.74, 6) is 1.91. The summed E-state index contributed by atoms with van der Waals surface area (Å²) >= 11 is 0. The molecule has 0 bridgehead atoms. The summed E-state index contributed by atoms with van der Waals surface area (Å²) in [6.45, 7) is 3.19. The van der Waals surface area contributed by atoms with Crippen LogP contribution in [0.5, 0.6) is 5.75 Å². The van der Waals surface area contributed by atoms with E-state index in [4.69, 9.17) is 10.5 Å². The van der Waals surface area contributed by atoms with Crippen molar-refractivity contribution >= 4 is 16.6 Å². The van der Waals surface area contributed by atoms with Gasteiger partial charge in [-0.3, -0.25) is 0 Å². The highest BCUT2D eigenvalue weighted by Gasteiger charge is 2.25. The topological polar surface area (TPSA) is 51.4 Å². The van der Waals surface area contributed by atoms with E-state index in [0.717, 1.165) is 36.3 Å². The fourth-order valence-electron chi connectivity index (χ4n) is 3.01. The molecule has 106 valence electrons. The molecule has 2 N–H and O–H groups in total. The minimum absolute atomic E-state index is 0.311. The van der Waals surface area contributed by atoms with Crippen LogP contribution in [0.2, 0.25) is 0 Å². The first-order valence-corrected chi connectivity index (χ1v) is 7.14. The largest absolute Gasteiger partial charge is 0.497 e. The number of ether oxygens (including phenoxy) is 1. The molecule has 0 spiro atoms. The van der Waals surface area contributed by atoms with Gasteiger partial charge >= 0.3 is 0 Å². The molecular formula is C16H21N3O. The normalized spacial score (nSPS) is 23.1. The average molecular weight is 271 g/mol. The van der Waals surface area contributed by atoms with E-state index in [2.05, 4.69) is 28.9 Å². The minimum Gasteiger partial charge on any atom is -0.497 e. The average Bonchev–Trinajstić information content (AvgIpc) is 2.46. The first-order chi connectivity index (χ1) is 9.69. The highest BCUT2D eigenvalue weighted by Crippen LogP contribution is 2.31. The molecule has 2 aromatic rings. The Morgan fingerprint density at radius 1 is 1.35 bits per heavy atom. The highest BCUT2D eigenvalue weighted by atomic mass is 16.5. The predicted molar refractivity (Wildman–Crippen MR) is 82.3 cm³/mol. The molecule has 4 nitrogen and oxygen atoms in total. The van der Waals surface area contributed by atoms with Gasteiger partial charge in [0.1, 0.15) is 11.6 Å². The third kappa shape index (κ3) is 2.31. The third-order valence-electron chi connectivity index (χ3n) is 4.14. The van der Waals surface area contributed by atoms with Crippen molar-refractivity contribution in [3.8, 4) is 5.75 Å². The zero-order valence-electron chi connectivity index (χ0n) is 12.0. The molecule has 1 aliphatic heterocycles. The van der Waals surface area contributed by atoms with Gasteiger partial charge in [-0.05, 0) is 43.4 Å². The lowest BCUT2D eigenvalue weighted by Crippen LogP contribution is -2.46. The van der Waals surface area contributed by atoms with Crippen molar-refractivity contribution in [1.82, 2.24) is 4.98 Å². The van der Waals surface area contributed by atoms with Crippen LogP contribution in [0.4, 0.5) is 5.82 Å². The van der Waals surface area contributed by atoms with Gasteiger partial charge in [0.15, 0.2) is 0 Å². The number of nitrogens with two attached hydrogens (primary N) is 1. The summed E-state index contributed by atoms with van der Waals surface area (Å²) in [5.41, 5.74) is 6.06. The number of pyridine rings is 1. The van der Waals surface area contributed by atoms with Crippen molar-refractivity contribution in [3.63, 3.8) is 0 Å². The Kier molecular flexibility index (Phi) is 3.49. The lowest BCUT2D eigenvalue weighted by molar-refractivity contribution is 0.415. The molecule has 1 aliphatic rings. The van der Waals surface area contributed by atoms with Gasteiger partial charge in [-0.25, -0.2) is 4.98 Å². The minimum atomic E-state index is 0.311. The van der Waals surface area contributed by atoms with Crippen molar-refractivity contribution < 1.29 is 4.74 Å². The summed E-state index contributed by atoms with van der Waals surface area (Å²) in [4.78, 5) is 6.98. The molecular weight excluding hydrogens is 250 g/mol. The van der Waals surface area contributed by atoms with Gasteiger partial charge < -0.3 is 15.4 Å². The summed E-state index contributed by atoms with van der Waals surface area (Å²) in [7, 11) is 1.69. The second-order valence-corrected chi connectivity index (χ2v) is 5.55. The van der Waals surface area contributed by atoms with Crippen LogP contribution in [0.15, 0.2) is 30.5 Å². The SMILES string of the molecule is COc1ccc2ccnc(N3CCC(N)CC3C)c2c1. The molecule has 1 fully saturated rings. The van der Waals surface area contributed by atoms with E-state index in [0.29, 0.717) is 12.1 Å². The van der Waals surface area contributed by atoms with Crippen LogP contribution in [0, 0.1) is 0 Å². The Labute approximate surface area is 119 Å². The van der Waals surface area contributed by atoms with E-state index in [1.807, 2.05) is 18.3 Å². The number of fused-ring (bicyclic) bond motifs is 1. The number of aromatic nitrogens is 1. The molecule has 0 saturated carbocycles. The molecule has 2 heterocycles. The Hall–Kier alpha value is -1.81. The number of nitrogens with zero attached hydrogens (tertiary/aromatic N) is 2. The van der Waals surface area contributed by atoms with Gasteiger partial charge in [0.05, 0.1) is 7.11 Å². The van der Waals surface area contributed by atoms with Gasteiger partial charge in [0, 0.05) is 30.2 Å². The third-order valence-corrected chi connectivity index (χ3v) is 4.14. The number of hydrogen-bond donors (Lipinski definition) is 1. The Bertz CT molecular complexity index is 614. The number of anilines is 1.